The van der Waals surface area contributed by atoms with Crippen LogP contribution in [-0.4, -0.2) is 42.1 Å². The molecule has 2 aliphatic rings. The van der Waals surface area contributed by atoms with E-state index >= 15 is 0 Å². The zero-order valence-electron chi connectivity index (χ0n) is 19.0. The Morgan fingerprint density at radius 2 is 1.78 bits per heavy atom. The Bertz CT molecular complexity index is 1190. The van der Waals surface area contributed by atoms with E-state index in [9.17, 15) is 18.0 Å². The Kier molecular flexibility index (Phi) is 5.79. The molecular weight excluding hydrogens is 426 g/mol. The molecule has 1 aliphatic carbocycles. The topological polar surface area (TPSA) is 102 Å². The number of fused-ring (bicyclic) bond motifs is 1. The maximum absolute atomic E-state index is 13.3. The average molecular weight is 458 g/mol. The van der Waals surface area contributed by atoms with Gasteiger partial charge in [-0.25, -0.2) is 8.42 Å². The van der Waals surface area contributed by atoms with Gasteiger partial charge in [0, 0.05) is 42.9 Å². The van der Waals surface area contributed by atoms with Crippen LogP contribution < -0.4 is 5.73 Å². The number of sulfonamides is 1. The van der Waals surface area contributed by atoms with Gasteiger partial charge in [0.15, 0.2) is 5.78 Å². The number of hydrogen-bond donors (Lipinski definition) is 1. The molecule has 0 radical (unpaired) electrons. The lowest BCUT2D eigenvalue weighted by Gasteiger charge is -2.30. The first-order valence-corrected chi connectivity index (χ1v) is 12.6. The quantitative estimate of drug-likeness (QED) is 0.720. The number of hydrogen-bond acceptors (Lipinski definition) is 4. The van der Waals surface area contributed by atoms with Gasteiger partial charge in [-0.2, -0.15) is 4.31 Å². The molecule has 1 amide bonds. The van der Waals surface area contributed by atoms with E-state index in [0.29, 0.717) is 48.4 Å². The van der Waals surface area contributed by atoms with Gasteiger partial charge in [0.1, 0.15) is 6.54 Å². The van der Waals surface area contributed by atoms with Crippen molar-refractivity contribution in [1.82, 2.24) is 8.87 Å². The number of carbonyl (C=O) groups is 2. The van der Waals surface area contributed by atoms with Gasteiger partial charge in [-0.1, -0.05) is 32.0 Å². The van der Waals surface area contributed by atoms with E-state index in [1.54, 1.807) is 16.4 Å². The molecule has 4 rings (SSSR count). The van der Waals surface area contributed by atoms with Crippen molar-refractivity contribution in [2.24, 2.45) is 11.1 Å². The predicted octanol–water partition coefficient (Wildman–Crippen LogP) is 2.81. The highest BCUT2D eigenvalue weighted by atomic mass is 32.2. The molecule has 7 nitrogen and oxygen atoms in total. The van der Waals surface area contributed by atoms with E-state index < -0.39 is 15.9 Å². The normalized spacial score (nSPS) is 18.7. The van der Waals surface area contributed by atoms with Crippen LogP contribution in [0.5, 0.6) is 0 Å². The van der Waals surface area contributed by atoms with Gasteiger partial charge >= 0.3 is 0 Å². The van der Waals surface area contributed by atoms with Gasteiger partial charge in [0.2, 0.25) is 15.9 Å². The number of Topliss-reactive ketones (excluding diaryl/α,β-unsaturated/α-hetero) is 1. The number of benzene rings is 1. The van der Waals surface area contributed by atoms with Crippen LogP contribution in [0.15, 0.2) is 29.2 Å². The maximum Gasteiger partial charge on any atom is 0.243 e. The van der Waals surface area contributed by atoms with Crippen molar-refractivity contribution < 1.29 is 18.0 Å². The molecule has 0 unspecified atom stereocenters. The molecule has 0 spiro atoms. The molecule has 2 heterocycles. The fraction of sp³-hybridized carbons (Fsp3) is 0.500. The van der Waals surface area contributed by atoms with Gasteiger partial charge in [-0.05, 0) is 48.8 Å². The summed E-state index contributed by atoms with van der Waals surface area (Å²) < 4.78 is 30.0. The smallest absolute Gasteiger partial charge is 0.243 e. The lowest BCUT2D eigenvalue weighted by Crippen LogP contribution is -2.30. The predicted molar refractivity (Wildman–Crippen MR) is 122 cm³/mol. The van der Waals surface area contributed by atoms with Gasteiger partial charge in [0.05, 0.1) is 4.90 Å². The maximum atomic E-state index is 13.3. The average Bonchev–Trinajstić information content (AvgIpc) is 3.32. The molecule has 32 heavy (non-hydrogen) atoms. The Hall–Kier alpha value is -2.45. The lowest BCUT2D eigenvalue weighted by atomic mass is 9.75. The summed E-state index contributed by atoms with van der Waals surface area (Å²) in [5.41, 5.74) is 9.03. The zero-order valence-corrected chi connectivity index (χ0v) is 19.8. The molecule has 1 saturated heterocycles. The summed E-state index contributed by atoms with van der Waals surface area (Å²) >= 11 is 0. The number of rotatable bonds is 6. The third-order valence-corrected chi connectivity index (χ3v) is 8.66. The highest BCUT2D eigenvalue weighted by molar-refractivity contribution is 7.89. The SMILES string of the molecule is Cc1c(Cc2ccccc2S(=O)(=O)N2CCCC2)c2c(n1CC(N)=O)CC(C)(C)CC2=O. The van der Waals surface area contributed by atoms with Crippen LogP contribution >= 0.6 is 0 Å². The summed E-state index contributed by atoms with van der Waals surface area (Å²) in [6.07, 6.45) is 3.13. The van der Waals surface area contributed by atoms with Crippen LogP contribution in [0.1, 0.15) is 66.0 Å². The number of aromatic nitrogens is 1. The summed E-state index contributed by atoms with van der Waals surface area (Å²) in [7, 11) is -3.60. The highest BCUT2D eigenvalue weighted by Gasteiger charge is 2.37. The van der Waals surface area contributed by atoms with E-state index in [1.165, 1.54) is 0 Å². The summed E-state index contributed by atoms with van der Waals surface area (Å²) in [5, 5.41) is 0. The van der Waals surface area contributed by atoms with Crippen molar-refractivity contribution in [2.45, 2.75) is 64.3 Å². The molecule has 0 atom stereocenters. The minimum absolute atomic E-state index is 0.00521. The van der Waals surface area contributed by atoms with Crippen molar-refractivity contribution in [3.8, 4) is 0 Å². The highest BCUT2D eigenvalue weighted by Crippen LogP contribution is 2.40. The molecule has 172 valence electrons. The number of amides is 1. The number of carbonyl (C=O) groups excluding carboxylic acids is 2. The van der Waals surface area contributed by atoms with Crippen molar-refractivity contribution in [2.75, 3.05) is 13.1 Å². The van der Waals surface area contributed by atoms with E-state index in [2.05, 4.69) is 0 Å². The molecule has 2 N–H and O–H groups in total. The molecule has 2 aromatic rings. The summed E-state index contributed by atoms with van der Waals surface area (Å²) in [4.78, 5) is 25.3. The van der Waals surface area contributed by atoms with Crippen LogP contribution in [0.4, 0.5) is 0 Å². The number of primary amides is 1. The molecule has 1 aromatic carbocycles. The fourth-order valence-electron chi connectivity index (χ4n) is 5.15. The van der Waals surface area contributed by atoms with Crippen LogP contribution in [0.3, 0.4) is 0 Å². The summed E-state index contributed by atoms with van der Waals surface area (Å²) in [6.45, 7) is 7.05. The van der Waals surface area contributed by atoms with E-state index in [4.69, 9.17) is 5.73 Å². The largest absolute Gasteiger partial charge is 0.368 e. The minimum atomic E-state index is -3.60. The van der Waals surface area contributed by atoms with Crippen LogP contribution in [0.2, 0.25) is 0 Å². The number of nitrogens with zero attached hydrogens (tertiary/aromatic N) is 2. The van der Waals surface area contributed by atoms with Crippen LogP contribution in [-0.2, 0) is 34.2 Å². The number of ketones is 1. The van der Waals surface area contributed by atoms with Gasteiger partial charge in [0.25, 0.3) is 0 Å². The third kappa shape index (κ3) is 4.01. The molecule has 1 aromatic heterocycles. The Morgan fingerprint density at radius 1 is 1.12 bits per heavy atom. The molecule has 1 aliphatic heterocycles. The van der Waals surface area contributed by atoms with Crippen LogP contribution in [0.25, 0.3) is 0 Å². The standard InChI is InChI=1S/C24H31N3O4S/c1-16-18(23-19(27(16)15-22(25)29)13-24(2,3)14-20(23)28)12-17-8-4-5-9-21(17)32(30,31)26-10-6-7-11-26/h4-5,8-9H,6-7,10-15H2,1-3H3,(H2,25,29). The Balaban J connectivity index is 1.83. The second-order valence-electron chi connectivity index (χ2n) is 9.77. The Labute approximate surface area is 189 Å². The van der Waals surface area contributed by atoms with E-state index in [1.807, 2.05) is 37.5 Å². The van der Waals surface area contributed by atoms with Crippen molar-refractivity contribution in [3.63, 3.8) is 0 Å². The van der Waals surface area contributed by atoms with Crippen molar-refractivity contribution in [1.29, 1.82) is 0 Å². The first-order chi connectivity index (χ1) is 15.0. The Morgan fingerprint density at radius 3 is 2.44 bits per heavy atom. The van der Waals surface area contributed by atoms with Gasteiger partial charge in [-0.15, -0.1) is 0 Å². The lowest BCUT2D eigenvalue weighted by molar-refractivity contribution is -0.118. The number of nitrogens with two attached hydrogens (primary N) is 1. The first-order valence-electron chi connectivity index (χ1n) is 11.1. The summed E-state index contributed by atoms with van der Waals surface area (Å²) in [6, 6.07) is 7.03. The second-order valence-corrected chi connectivity index (χ2v) is 11.7. The van der Waals surface area contributed by atoms with Crippen molar-refractivity contribution in [3.05, 3.63) is 52.3 Å². The molecule has 0 bridgehead atoms. The first kappa shape index (κ1) is 22.7. The molecular formula is C24H31N3O4S. The van der Waals surface area contributed by atoms with Gasteiger partial charge in [-0.3, -0.25) is 9.59 Å². The molecule has 0 saturated carbocycles. The van der Waals surface area contributed by atoms with Crippen molar-refractivity contribution >= 4 is 21.7 Å². The fourth-order valence-corrected chi connectivity index (χ4v) is 6.89. The van der Waals surface area contributed by atoms with Crippen LogP contribution in [0, 0.1) is 12.3 Å². The van der Waals surface area contributed by atoms with E-state index in [-0.39, 0.29) is 17.7 Å². The second kappa shape index (κ2) is 8.15. The third-order valence-electron chi connectivity index (χ3n) is 6.66. The molecule has 1 fully saturated rings. The van der Waals surface area contributed by atoms with E-state index in [0.717, 1.165) is 29.8 Å². The zero-order chi connectivity index (χ0) is 23.3. The van der Waals surface area contributed by atoms with Gasteiger partial charge < -0.3 is 10.3 Å². The minimum Gasteiger partial charge on any atom is -0.368 e. The monoisotopic (exact) mass is 457 g/mol. The summed E-state index contributed by atoms with van der Waals surface area (Å²) in [5.74, 6) is -0.428. The molecule has 8 heteroatoms.